The van der Waals surface area contributed by atoms with Crippen molar-refractivity contribution in [3.8, 4) is 0 Å². The van der Waals surface area contributed by atoms with E-state index in [0.29, 0.717) is 25.1 Å². The van der Waals surface area contributed by atoms with Gasteiger partial charge < -0.3 is 9.47 Å². The molecule has 1 aromatic rings. The largest absolute Gasteiger partial charge is 0.464 e. The van der Waals surface area contributed by atoms with E-state index in [-0.39, 0.29) is 6.61 Å². The highest BCUT2D eigenvalue weighted by atomic mass is 19.1. The first-order valence-electron chi connectivity index (χ1n) is 6.78. The van der Waals surface area contributed by atoms with Crippen LogP contribution in [0, 0.1) is 5.82 Å². The summed E-state index contributed by atoms with van der Waals surface area (Å²) in [5.41, 5.74) is -0.878. The molecule has 20 heavy (non-hydrogen) atoms. The molecule has 0 spiro atoms. The lowest BCUT2D eigenvalue weighted by atomic mass is 9.86. The van der Waals surface area contributed by atoms with Crippen molar-refractivity contribution < 1.29 is 18.7 Å². The van der Waals surface area contributed by atoms with E-state index in [4.69, 9.17) is 9.47 Å². The Labute approximate surface area is 119 Å². The van der Waals surface area contributed by atoms with E-state index in [1.54, 1.807) is 32.2 Å². The van der Waals surface area contributed by atoms with Crippen LogP contribution in [0.2, 0.25) is 0 Å². The Kier molecular flexibility index (Phi) is 6.61. The van der Waals surface area contributed by atoms with Crippen molar-refractivity contribution in [1.82, 2.24) is 5.32 Å². The minimum Gasteiger partial charge on any atom is -0.464 e. The smallest absolute Gasteiger partial charge is 0.331 e. The Balaban J connectivity index is 3.16. The maximum absolute atomic E-state index is 14.1. The lowest BCUT2D eigenvalue weighted by molar-refractivity contribution is -0.152. The highest BCUT2D eigenvalue weighted by molar-refractivity contribution is 5.82. The summed E-state index contributed by atoms with van der Waals surface area (Å²) in [5, 5.41) is 3.09. The number of carbonyl (C=O) groups excluding carboxylic acids is 1. The van der Waals surface area contributed by atoms with Crippen molar-refractivity contribution in [2.45, 2.75) is 25.8 Å². The van der Waals surface area contributed by atoms with Crippen LogP contribution < -0.4 is 5.32 Å². The monoisotopic (exact) mass is 283 g/mol. The highest BCUT2D eigenvalue weighted by Crippen LogP contribution is 2.29. The number of hydrogen-bond acceptors (Lipinski definition) is 4. The van der Waals surface area contributed by atoms with Gasteiger partial charge in [0.05, 0.1) is 13.2 Å². The number of carbonyl (C=O) groups is 1. The third-order valence-electron chi connectivity index (χ3n) is 3.22. The fourth-order valence-corrected chi connectivity index (χ4v) is 2.17. The molecule has 0 saturated heterocycles. The van der Waals surface area contributed by atoms with Gasteiger partial charge in [-0.3, -0.25) is 5.32 Å². The molecule has 1 rings (SSSR count). The summed E-state index contributed by atoms with van der Waals surface area (Å²) in [6.45, 7) is 4.66. The molecular formula is C15H22FNO3. The molecule has 0 aliphatic rings. The molecule has 1 N–H and O–H groups in total. The first kappa shape index (κ1) is 16.6. The third-order valence-corrected chi connectivity index (χ3v) is 3.22. The van der Waals surface area contributed by atoms with Crippen molar-refractivity contribution in [2.75, 3.05) is 26.9 Å². The summed E-state index contributed by atoms with van der Waals surface area (Å²) in [6.07, 6.45) is 0.385. The Morgan fingerprint density at radius 3 is 2.60 bits per heavy atom. The zero-order valence-electron chi connectivity index (χ0n) is 12.2. The summed E-state index contributed by atoms with van der Waals surface area (Å²) >= 11 is 0. The van der Waals surface area contributed by atoms with E-state index in [9.17, 15) is 9.18 Å². The molecule has 5 heteroatoms. The molecule has 0 fully saturated rings. The Morgan fingerprint density at radius 2 is 2.05 bits per heavy atom. The number of nitrogens with one attached hydrogen (secondary N) is 1. The molecule has 0 bridgehead atoms. The first-order chi connectivity index (χ1) is 9.62. The molecule has 0 aromatic heterocycles. The van der Waals surface area contributed by atoms with Crippen LogP contribution in [0.25, 0.3) is 0 Å². The van der Waals surface area contributed by atoms with Crippen LogP contribution in [0.4, 0.5) is 4.39 Å². The van der Waals surface area contributed by atoms with E-state index < -0.39 is 17.3 Å². The summed E-state index contributed by atoms with van der Waals surface area (Å²) < 4.78 is 24.2. The standard InChI is InChI=1S/C15H22FNO3/c1-4-15(14(18)20-5-2,17-10-11-19-3)12-8-6-7-9-13(12)16/h6-9,17H,4-5,10-11H2,1-3H3. The van der Waals surface area contributed by atoms with Gasteiger partial charge in [-0.1, -0.05) is 25.1 Å². The Bertz CT molecular complexity index is 439. The predicted molar refractivity (Wildman–Crippen MR) is 74.9 cm³/mol. The van der Waals surface area contributed by atoms with E-state index in [1.165, 1.54) is 6.07 Å². The van der Waals surface area contributed by atoms with Crippen LogP contribution in [0.15, 0.2) is 24.3 Å². The fraction of sp³-hybridized carbons (Fsp3) is 0.533. The van der Waals surface area contributed by atoms with Crippen LogP contribution in [-0.2, 0) is 19.8 Å². The van der Waals surface area contributed by atoms with Crippen LogP contribution in [0.3, 0.4) is 0 Å². The molecule has 1 aromatic carbocycles. The first-order valence-corrected chi connectivity index (χ1v) is 6.78. The summed E-state index contributed by atoms with van der Waals surface area (Å²) in [5.74, 6) is -0.893. The van der Waals surface area contributed by atoms with Gasteiger partial charge in [0.15, 0.2) is 0 Å². The molecule has 0 radical (unpaired) electrons. The van der Waals surface area contributed by atoms with Crippen LogP contribution in [0.5, 0.6) is 0 Å². The van der Waals surface area contributed by atoms with Gasteiger partial charge in [-0.05, 0) is 19.4 Å². The summed E-state index contributed by atoms with van der Waals surface area (Å²) in [6, 6.07) is 6.26. The van der Waals surface area contributed by atoms with E-state index >= 15 is 0 Å². The van der Waals surface area contributed by atoms with Crippen LogP contribution >= 0.6 is 0 Å². The van der Waals surface area contributed by atoms with Gasteiger partial charge >= 0.3 is 5.97 Å². The molecule has 0 saturated carbocycles. The van der Waals surface area contributed by atoms with Crippen LogP contribution in [0.1, 0.15) is 25.8 Å². The molecular weight excluding hydrogens is 261 g/mol. The van der Waals surface area contributed by atoms with Crippen LogP contribution in [-0.4, -0.2) is 32.8 Å². The van der Waals surface area contributed by atoms with Gasteiger partial charge in [0, 0.05) is 19.2 Å². The number of benzene rings is 1. The van der Waals surface area contributed by atoms with E-state index in [2.05, 4.69) is 5.32 Å². The second-order valence-electron chi connectivity index (χ2n) is 4.38. The normalized spacial score (nSPS) is 13.8. The SMILES string of the molecule is CCOC(=O)C(CC)(NCCOC)c1ccccc1F. The average Bonchev–Trinajstić information content (AvgIpc) is 2.45. The van der Waals surface area contributed by atoms with E-state index in [1.807, 2.05) is 6.92 Å². The molecule has 4 nitrogen and oxygen atoms in total. The second-order valence-corrected chi connectivity index (χ2v) is 4.38. The minimum absolute atomic E-state index is 0.251. The van der Waals surface area contributed by atoms with E-state index in [0.717, 1.165) is 0 Å². The molecule has 0 amide bonds. The van der Waals surface area contributed by atoms with Crippen molar-refractivity contribution in [2.24, 2.45) is 0 Å². The molecule has 0 aliphatic carbocycles. The van der Waals surface area contributed by atoms with Crippen molar-refractivity contribution >= 4 is 5.97 Å². The Morgan fingerprint density at radius 1 is 1.35 bits per heavy atom. The zero-order chi connectivity index (χ0) is 15.0. The van der Waals surface area contributed by atoms with Crippen molar-refractivity contribution in [3.05, 3.63) is 35.6 Å². The zero-order valence-corrected chi connectivity index (χ0v) is 12.2. The molecule has 0 heterocycles. The van der Waals surface area contributed by atoms with Gasteiger partial charge in [-0.15, -0.1) is 0 Å². The quantitative estimate of drug-likeness (QED) is 0.587. The molecule has 112 valence electrons. The topological polar surface area (TPSA) is 47.6 Å². The predicted octanol–water partition coefficient (Wildman–Crippen LogP) is 2.23. The van der Waals surface area contributed by atoms with Crippen molar-refractivity contribution in [3.63, 3.8) is 0 Å². The number of ether oxygens (including phenoxy) is 2. The molecule has 0 aliphatic heterocycles. The Hall–Kier alpha value is -1.46. The number of halogens is 1. The number of methoxy groups -OCH3 is 1. The van der Waals surface area contributed by atoms with Gasteiger partial charge in [-0.2, -0.15) is 0 Å². The maximum atomic E-state index is 14.1. The fourth-order valence-electron chi connectivity index (χ4n) is 2.17. The maximum Gasteiger partial charge on any atom is 0.331 e. The molecule has 1 unspecified atom stereocenters. The number of rotatable bonds is 8. The summed E-state index contributed by atoms with van der Waals surface area (Å²) in [4.78, 5) is 12.4. The number of esters is 1. The van der Waals surface area contributed by atoms with Crippen molar-refractivity contribution in [1.29, 1.82) is 0 Å². The van der Waals surface area contributed by atoms with Gasteiger partial charge in [0.1, 0.15) is 11.4 Å². The third kappa shape index (κ3) is 3.55. The minimum atomic E-state index is -1.18. The molecule has 1 atom stereocenters. The lowest BCUT2D eigenvalue weighted by Crippen LogP contribution is -2.51. The number of hydrogen-bond donors (Lipinski definition) is 1. The van der Waals surface area contributed by atoms with Gasteiger partial charge in [0.25, 0.3) is 0 Å². The summed E-state index contributed by atoms with van der Waals surface area (Å²) in [7, 11) is 1.57. The van der Waals surface area contributed by atoms with Gasteiger partial charge in [-0.25, -0.2) is 9.18 Å². The second kappa shape index (κ2) is 7.97. The highest BCUT2D eigenvalue weighted by Gasteiger charge is 2.41. The van der Waals surface area contributed by atoms with Gasteiger partial charge in [0.2, 0.25) is 0 Å². The average molecular weight is 283 g/mol. The lowest BCUT2D eigenvalue weighted by Gasteiger charge is -2.32.